The topological polar surface area (TPSA) is 198 Å². The van der Waals surface area contributed by atoms with Gasteiger partial charge in [-0.3, -0.25) is 19.6 Å². The molecule has 58 heavy (non-hydrogen) atoms. The highest BCUT2D eigenvalue weighted by molar-refractivity contribution is 5.97. The Kier molecular flexibility index (Phi) is 8.92. The van der Waals surface area contributed by atoms with Gasteiger partial charge >= 0.3 is 5.97 Å². The van der Waals surface area contributed by atoms with E-state index in [2.05, 4.69) is 86.2 Å². The van der Waals surface area contributed by atoms with Crippen molar-refractivity contribution in [2.75, 3.05) is 16.0 Å². The summed E-state index contributed by atoms with van der Waals surface area (Å²) < 4.78 is 0. The highest BCUT2D eigenvalue weighted by Gasteiger charge is 2.30. The molecule has 3 aromatic carbocycles. The molecule has 0 radical (unpaired) electrons. The second kappa shape index (κ2) is 14.7. The van der Waals surface area contributed by atoms with Crippen LogP contribution >= 0.6 is 0 Å². The monoisotopic (exact) mass is 769 g/mol. The lowest BCUT2D eigenvalue weighted by molar-refractivity contribution is -0.142. The normalized spacial score (nSPS) is 17.2. The molecule has 0 saturated heterocycles. The van der Waals surface area contributed by atoms with Crippen molar-refractivity contribution in [1.29, 1.82) is 0 Å². The predicted octanol–water partition coefficient (Wildman–Crippen LogP) is 7.20. The molecule has 4 aromatic heterocycles. The van der Waals surface area contributed by atoms with Gasteiger partial charge in [0.25, 0.3) is 0 Å². The van der Waals surface area contributed by atoms with Crippen LogP contribution in [-0.2, 0) is 48.4 Å². The number of hydrogen-bond acceptors (Lipinski definition) is 10. The van der Waals surface area contributed by atoms with E-state index in [4.69, 9.17) is 0 Å². The number of carbonyl (C=O) groups is 2. The maximum absolute atomic E-state index is 12.9. The van der Waals surface area contributed by atoms with Crippen LogP contribution in [0.3, 0.4) is 0 Å². The van der Waals surface area contributed by atoms with Gasteiger partial charge in [-0.2, -0.15) is 0 Å². The average molecular weight is 770 g/mol. The number of aliphatic carboxylic acids is 1. The molecular formula is C44H39N11O3. The summed E-state index contributed by atoms with van der Waals surface area (Å²) in [6.45, 7) is 1.47. The molecule has 6 N–H and O–H groups in total. The van der Waals surface area contributed by atoms with Crippen LogP contribution in [0.5, 0.6) is 0 Å². The van der Waals surface area contributed by atoms with E-state index in [-0.39, 0.29) is 17.7 Å². The molecule has 0 saturated carbocycles. The van der Waals surface area contributed by atoms with Gasteiger partial charge in [0.2, 0.25) is 5.91 Å². The first kappa shape index (κ1) is 35.2. The SMILES string of the molecule is O=C(Nc1ccccc1)C1CCc2[nH]c3ncnc(Nc4ccc5c(c4)C=NC5)c3c2C1.O=C(O)C1CCc2[nH]c3ncnc(Nc4ccc5c(c4)C=NC5)c3c2C1. The van der Waals surface area contributed by atoms with E-state index in [1.807, 2.05) is 48.8 Å². The Morgan fingerprint density at radius 1 is 0.638 bits per heavy atom. The first-order valence-electron chi connectivity index (χ1n) is 19.5. The number of nitrogens with zero attached hydrogens (tertiary/aromatic N) is 6. The minimum Gasteiger partial charge on any atom is -0.481 e. The van der Waals surface area contributed by atoms with Gasteiger partial charge in [-0.05, 0) is 108 Å². The number of benzene rings is 3. The van der Waals surface area contributed by atoms with Gasteiger partial charge in [-0.1, -0.05) is 30.3 Å². The molecule has 288 valence electrons. The second-order valence-corrected chi connectivity index (χ2v) is 15.1. The van der Waals surface area contributed by atoms with E-state index in [1.165, 1.54) is 17.5 Å². The first-order chi connectivity index (χ1) is 28.4. The number of nitrogens with one attached hydrogen (secondary N) is 5. The summed E-state index contributed by atoms with van der Waals surface area (Å²) in [5.74, 6) is 0.325. The fraction of sp³-hybridized carbons (Fsp3) is 0.227. The Balaban J connectivity index is 0.000000144. The molecule has 4 aliphatic rings. The minimum atomic E-state index is -0.741. The van der Waals surface area contributed by atoms with Crippen LogP contribution in [0.15, 0.2) is 89.4 Å². The van der Waals surface area contributed by atoms with Crippen molar-refractivity contribution in [3.63, 3.8) is 0 Å². The third-order valence-electron chi connectivity index (χ3n) is 11.5. The predicted molar refractivity (Wildman–Crippen MR) is 224 cm³/mol. The van der Waals surface area contributed by atoms with E-state index in [0.29, 0.717) is 25.1 Å². The number of carbonyl (C=O) groups excluding carboxylic acids is 1. The molecule has 7 aromatic rings. The number of anilines is 5. The molecule has 0 bridgehead atoms. The van der Waals surface area contributed by atoms with E-state index < -0.39 is 5.97 Å². The number of aromatic amines is 2. The molecule has 1 amide bonds. The Hall–Kier alpha value is -7.22. The van der Waals surface area contributed by atoms with Crippen LogP contribution in [0.1, 0.15) is 57.6 Å². The Labute approximate surface area is 332 Å². The number of amides is 1. The van der Waals surface area contributed by atoms with Gasteiger partial charge in [0.05, 0.1) is 29.8 Å². The number of H-pyrrole nitrogens is 2. The van der Waals surface area contributed by atoms with Crippen LogP contribution in [0.2, 0.25) is 0 Å². The summed E-state index contributed by atoms with van der Waals surface area (Å²) in [4.78, 5) is 57.5. The van der Waals surface area contributed by atoms with Crippen LogP contribution in [0.4, 0.5) is 28.7 Å². The molecule has 0 spiro atoms. The van der Waals surface area contributed by atoms with Gasteiger partial charge < -0.3 is 31.0 Å². The van der Waals surface area contributed by atoms with Crippen molar-refractivity contribution in [3.8, 4) is 0 Å². The lowest BCUT2D eigenvalue weighted by Crippen LogP contribution is -2.28. The second-order valence-electron chi connectivity index (χ2n) is 15.1. The molecule has 2 aliphatic carbocycles. The zero-order valence-electron chi connectivity index (χ0n) is 31.4. The van der Waals surface area contributed by atoms with Crippen LogP contribution in [0.25, 0.3) is 22.1 Å². The Morgan fingerprint density at radius 2 is 1.17 bits per heavy atom. The van der Waals surface area contributed by atoms with Crippen molar-refractivity contribution in [1.82, 2.24) is 29.9 Å². The molecular weight excluding hydrogens is 731 g/mol. The number of fused-ring (bicyclic) bond motifs is 8. The Morgan fingerprint density at radius 3 is 1.72 bits per heavy atom. The average Bonchev–Trinajstić information content (AvgIpc) is 4.06. The number of carboxylic acids is 1. The smallest absolute Gasteiger partial charge is 0.306 e. The van der Waals surface area contributed by atoms with Crippen LogP contribution in [0, 0.1) is 11.8 Å². The molecule has 2 aliphatic heterocycles. The van der Waals surface area contributed by atoms with Gasteiger partial charge in [-0.15, -0.1) is 0 Å². The summed E-state index contributed by atoms with van der Waals surface area (Å²) >= 11 is 0. The summed E-state index contributed by atoms with van der Waals surface area (Å²) in [5, 5.41) is 21.1. The molecule has 2 unspecified atom stereocenters. The summed E-state index contributed by atoms with van der Waals surface area (Å²) in [7, 11) is 0. The zero-order valence-corrected chi connectivity index (χ0v) is 31.4. The first-order valence-corrected chi connectivity index (χ1v) is 19.5. The lowest BCUT2D eigenvalue weighted by Gasteiger charge is -2.22. The number of para-hydroxylation sites is 1. The van der Waals surface area contributed by atoms with Crippen molar-refractivity contribution in [3.05, 3.63) is 124 Å². The molecule has 2 atom stereocenters. The zero-order chi connectivity index (χ0) is 39.2. The number of aromatic nitrogens is 6. The standard InChI is InChI=1S/C25H22N6O.C19H17N5O2/c32-25(30-18-4-2-1-3-5-18)15-7-9-21-20(11-15)22-23(27-14-28-24(22)31-21)29-19-8-6-16-12-26-13-17(16)10-19;25-19(26)10-2-4-15-14(6-10)16-17(21-9-22-18(16)24-15)23-13-3-1-11-7-20-8-12(11)5-13/h1-6,8,10,13-15H,7,9,11-12H2,(H,30,32)(H2,27,28,29,31);1,3,5,8-10H,2,4,6-7H2,(H,25,26)(H2,21,22,23,24). The van der Waals surface area contributed by atoms with E-state index in [9.17, 15) is 14.7 Å². The highest BCUT2D eigenvalue weighted by atomic mass is 16.4. The van der Waals surface area contributed by atoms with Gasteiger partial charge in [0, 0.05) is 46.8 Å². The summed E-state index contributed by atoms with van der Waals surface area (Å²) in [6.07, 6.45) is 11.0. The third kappa shape index (κ3) is 6.71. The fourth-order valence-electron chi connectivity index (χ4n) is 8.50. The Bertz CT molecular complexity index is 2810. The number of aryl methyl sites for hydroxylation is 2. The van der Waals surface area contributed by atoms with Gasteiger partial charge in [0.1, 0.15) is 35.6 Å². The van der Waals surface area contributed by atoms with Crippen molar-refractivity contribution < 1.29 is 14.7 Å². The third-order valence-corrected chi connectivity index (χ3v) is 11.5. The molecule has 0 fully saturated rings. The van der Waals surface area contributed by atoms with Crippen LogP contribution < -0.4 is 16.0 Å². The maximum Gasteiger partial charge on any atom is 0.306 e. The van der Waals surface area contributed by atoms with Crippen molar-refractivity contribution in [2.45, 2.75) is 51.6 Å². The molecule has 6 heterocycles. The number of carboxylic acid groups (broad SMARTS) is 1. The highest BCUT2D eigenvalue weighted by Crippen LogP contribution is 2.37. The molecule has 14 heteroatoms. The van der Waals surface area contributed by atoms with E-state index in [1.54, 1.807) is 6.33 Å². The van der Waals surface area contributed by atoms with E-state index in [0.717, 1.165) is 111 Å². The number of aliphatic imine (C=N–C) groups is 2. The van der Waals surface area contributed by atoms with Crippen LogP contribution in [-0.4, -0.2) is 59.3 Å². The van der Waals surface area contributed by atoms with E-state index >= 15 is 0 Å². The quantitative estimate of drug-likeness (QED) is 0.0971. The van der Waals surface area contributed by atoms with Crippen molar-refractivity contribution in [2.24, 2.45) is 21.8 Å². The number of hydrogen-bond donors (Lipinski definition) is 6. The summed E-state index contributed by atoms with van der Waals surface area (Å²) in [5.41, 5.74) is 13.3. The maximum atomic E-state index is 12.9. The van der Waals surface area contributed by atoms with Gasteiger partial charge in [0.15, 0.2) is 0 Å². The summed E-state index contributed by atoms with van der Waals surface area (Å²) in [6, 6.07) is 22.0. The molecule has 14 nitrogen and oxygen atoms in total. The number of rotatable bonds is 7. The fourth-order valence-corrected chi connectivity index (χ4v) is 8.50. The van der Waals surface area contributed by atoms with Crippen molar-refractivity contribution >= 4 is 75.1 Å². The minimum absolute atomic E-state index is 0.0560. The van der Waals surface area contributed by atoms with Gasteiger partial charge in [-0.25, -0.2) is 19.9 Å². The largest absolute Gasteiger partial charge is 0.481 e. The molecule has 11 rings (SSSR count). The lowest BCUT2D eigenvalue weighted by atomic mass is 9.86.